The molecule has 3 nitrogen and oxygen atoms in total. The SMILES string of the molecule is COC(=O)C(C)Cc1ccc(CCO[Si](C)(C)C(C)(C)C)cc1. The van der Waals surface area contributed by atoms with Crippen LogP contribution in [0.5, 0.6) is 0 Å². The number of benzene rings is 1. The molecule has 23 heavy (non-hydrogen) atoms. The van der Waals surface area contributed by atoms with Crippen LogP contribution in [-0.2, 0) is 26.8 Å². The molecule has 1 aromatic carbocycles. The van der Waals surface area contributed by atoms with E-state index in [0.29, 0.717) is 6.42 Å². The number of hydrogen-bond acceptors (Lipinski definition) is 3. The second kappa shape index (κ2) is 8.11. The van der Waals surface area contributed by atoms with E-state index < -0.39 is 8.32 Å². The Morgan fingerprint density at radius 2 is 1.65 bits per heavy atom. The molecule has 0 aliphatic rings. The van der Waals surface area contributed by atoms with Crippen LogP contribution in [0.4, 0.5) is 0 Å². The Kier molecular flexibility index (Phi) is 7.02. The monoisotopic (exact) mass is 336 g/mol. The van der Waals surface area contributed by atoms with Crippen LogP contribution in [0.1, 0.15) is 38.8 Å². The lowest BCUT2D eigenvalue weighted by Gasteiger charge is -2.36. The van der Waals surface area contributed by atoms with Gasteiger partial charge in [0.05, 0.1) is 13.0 Å². The van der Waals surface area contributed by atoms with Crippen molar-refractivity contribution in [1.82, 2.24) is 0 Å². The predicted octanol–water partition coefficient (Wildman–Crippen LogP) is 4.60. The third-order valence-electron chi connectivity index (χ3n) is 4.83. The first-order valence-electron chi connectivity index (χ1n) is 8.36. The Morgan fingerprint density at radius 3 is 2.13 bits per heavy atom. The van der Waals surface area contributed by atoms with E-state index in [4.69, 9.17) is 9.16 Å². The van der Waals surface area contributed by atoms with E-state index in [-0.39, 0.29) is 16.9 Å². The molecule has 0 bridgehead atoms. The van der Waals surface area contributed by atoms with Crippen LogP contribution in [0.3, 0.4) is 0 Å². The predicted molar refractivity (Wildman–Crippen MR) is 98.2 cm³/mol. The molecule has 0 saturated carbocycles. The largest absolute Gasteiger partial charge is 0.469 e. The van der Waals surface area contributed by atoms with E-state index in [1.54, 1.807) is 0 Å². The summed E-state index contributed by atoms with van der Waals surface area (Å²) in [4.78, 5) is 11.5. The Labute approximate surface area is 142 Å². The fourth-order valence-corrected chi connectivity index (χ4v) is 3.17. The third-order valence-corrected chi connectivity index (χ3v) is 9.37. The molecule has 0 N–H and O–H groups in total. The van der Waals surface area contributed by atoms with Crippen molar-refractivity contribution in [2.24, 2.45) is 5.92 Å². The smallest absolute Gasteiger partial charge is 0.308 e. The second-order valence-electron chi connectivity index (χ2n) is 7.80. The number of carbonyl (C=O) groups excluding carboxylic acids is 1. The van der Waals surface area contributed by atoms with Gasteiger partial charge in [-0.15, -0.1) is 0 Å². The zero-order chi connectivity index (χ0) is 17.7. The van der Waals surface area contributed by atoms with Crippen molar-refractivity contribution in [3.63, 3.8) is 0 Å². The molecule has 1 unspecified atom stereocenters. The molecular weight excluding hydrogens is 304 g/mol. The maximum absolute atomic E-state index is 11.5. The van der Waals surface area contributed by atoms with Gasteiger partial charge < -0.3 is 9.16 Å². The Bertz CT molecular complexity index is 500. The molecule has 0 saturated heterocycles. The van der Waals surface area contributed by atoms with Gasteiger partial charge in [0.1, 0.15) is 0 Å². The fourth-order valence-electron chi connectivity index (χ4n) is 2.12. The topological polar surface area (TPSA) is 35.5 Å². The van der Waals surface area contributed by atoms with Crippen molar-refractivity contribution in [3.8, 4) is 0 Å². The summed E-state index contributed by atoms with van der Waals surface area (Å²) in [6.45, 7) is 14.0. The van der Waals surface area contributed by atoms with Gasteiger partial charge in [0.15, 0.2) is 8.32 Å². The van der Waals surface area contributed by atoms with E-state index in [1.807, 2.05) is 6.92 Å². The lowest BCUT2D eigenvalue weighted by molar-refractivity contribution is -0.144. The zero-order valence-electron chi connectivity index (χ0n) is 15.7. The van der Waals surface area contributed by atoms with Gasteiger partial charge in [-0.3, -0.25) is 4.79 Å². The normalized spacial score (nSPS) is 13.7. The Hall–Kier alpha value is -1.13. The van der Waals surface area contributed by atoms with Crippen LogP contribution < -0.4 is 0 Å². The molecule has 0 radical (unpaired) electrons. The lowest BCUT2D eigenvalue weighted by Crippen LogP contribution is -2.41. The van der Waals surface area contributed by atoms with E-state index in [2.05, 4.69) is 58.1 Å². The van der Waals surface area contributed by atoms with Crippen molar-refractivity contribution in [3.05, 3.63) is 35.4 Å². The number of ether oxygens (including phenoxy) is 1. The summed E-state index contributed by atoms with van der Waals surface area (Å²) in [5.74, 6) is -0.260. The third kappa shape index (κ3) is 6.11. The second-order valence-corrected chi connectivity index (χ2v) is 12.6. The molecule has 0 amide bonds. The maximum atomic E-state index is 11.5. The van der Waals surface area contributed by atoms with Gasteiger partial charge in [0, 0.05) is 6.61 Å². The number of rotatable bonds is 7. The summed E-state index contributed by atoms with van der Waals surface area (Å²) in [7, 11) is -0.225. The highest BCUT2D eigenvalue weighted by Gasteiger charge is 2.36. The minimum atomic E-state index is -1.66. The number of methoxy groups -OCH3 is 1. The molecule has 130 valence electrons. The Morgan fingerprint density at radius 1 is 1.13 bits per heavy atom. The van der Waals surface area contributed by atoms with E-state index in [9.17, 15) is 4.79 Å². The van der Waals surface area contributed by atoms with Crippen molar-refractivity contribution < 1.29 is 14.0 Å². The first-order valence-corrected chi connectivity index (χ1v) is 11.3. The summed E-state index contributed by atoms with van der Waals surface area (Å²) in [5, 5.41) is 0.251. The molecule has 0 heterocycles. The average Bonchev–Trinajstić information content (AvgIpc) is 2.46. The molecule has 4 heteroatoms. The van der Waals surface area contributed by atoms with E-state index >= 15 is 0 Å². The van der Waals surface area contributed by atoms with Gasteiger partial charge in [-0.1, -0.05) is 52.0 Å². The minimum absolute atomic E-state index is 0.104. The van der Waals surface area contributed by atoms with Crippen molar-refractivity contribution >= 4 is 14.3 Å². The van der Waals surface area contributed by atoms with Gasteiger partial charge in [-0.05, 0) is 42.1 Å². The first-order chi connectivity index (χ1) is 10.6. The summed E-state index contributed by atoms with van der Waals surface area (Å²) in [6, 6.07) is 8.46. The average molecular weight is 337 g/mol. The summed E-state index contributed by atoms with van der Waals surface area (Å²) < 4.78 is 11.0. The summed E-state index contributed by atoms with van der Waals surface area (Å²) in [5.41, 5.74) is 2.44. The highest BCUT2D eigenvalue weighted by Crippen LogP contribution is 2.36. The highest BCUT2D eigenvalue weighted by atomic mass is 28.4. The fraction of sp³-hybridized carbons (Fsp3) is 0.632. The van der Waals surface area contributed by atoms with Crippen LogP contribution in [0.2, 0.25) is 18.1 Å². The van der Waals surface area contributed by atoms with Crippen LogP contribution in [0.15, 0.2) is 24.3 Å². The number of esters is 1. The van der Waals surface area contributed by atoms with Gasteiger partial charge in [-0.25, -0.2) is 0 Å². The molecule has 0 aromatic heterocycles. The first kappa shape index (κ1) is 19.9. The molecule has 0 fully saturated rings. The molecule has 1 rings (SSSR count). The Balaban J connectivity index is 2.50. The molecule has 0 aliphatic carbocycles. The van der Waals surface area contributed by atoms with Gasteiger partial charge >= 0.3 is 5.97 Å². The lowest BCUT2D eigenvalue weighted by atomic mass is 10.00. The van der Waals surface area contributed by atoms with Crippen LogP contribution in [0, 0.1) is 5.92 Å². The van der Waals surface area contributed by atoms with E-state index in [0.717, 1.165) is 18.6 Å². The molecule has 1 aromatic rings. The van der Waals surface area contributed by atoms with Gasteiger partial charge in [0.2, 0.25) is 0 Å². The van der Waals surface area contributed by atoms with Crippen LogP contribution in [-0.4, -0.2) is 28.0 Å². The van der Waals surface area contributed by atoms with Crippen LogP contribution >= 0.6 is 0 Å². The van der Waals surface area contributed by atoms with Crippen LogP contribution in [0.25, 0.3) is 0 Å². The summed E-state index contributed by atoms with van der Waals surface area (Å²) in [6.07, 6.45) is 1.65. The molecule has 1 atom stereocenters. The van der Waals surface area contributed by atoms with E-state index in [1.165, 1.54) is 12.7 Å². The van der Waals surface area contributed by atoms with Crippen molar-refractivity contribution in [1.29, 1.82) is 0 Å². The van der Waals surface area contributed by atoms with Crippen molar-refractivity contribution in [2.45, 2.75) is 58.7 Å². The quantitative estimate of drug-likeness (QED) is 0.539. The molecule has 0 aliphatic heterocycles. The minimum Gasteiger partial charge on any atom is -0.469 e. The molecule has 0 spiro atoms. The molecular formula is C19H32O3Si. The standard InChI is InChI=1S/C19H32O3Si/c1-15(18(20)21-5)14-17-10-8-16(9-11-17)12-13-22-23(6,7)19(2,3)4/h8-11,15H,12-14H2,1-7H3. The van der Waals surface area contributed by atoms with Crippen molar-refractivity contribution in [2.75, 3.05) is 13.7 Å². The van der Waals surface area contributed by atoms with Gasteiger partial charge in [-0.2, -0.15) is 0 Å². The zero-order valence-corrected chi connectivity index (χ0v) is 16.7. The van der Waals surface area contributed by atoms with Gasteiger partial charge in [0.25, 0.3) is 0 Å². The maximum Gasteiger partial charge on any atom is 0.308 e. The number of carbonyl (C=O) groups is 1. The number of hydrogen-bond donors (Lipinski definition) is 0. The highest BCUT2D eigenvalue weighted by molar-refractivity contribution is 6.74. The summed E-state index contributed by atoms with van der Waals surface area (Å²) >= 11 is 0.